The standard InChI is InChI=1S/C42H82NO11P/c1-5-8-10-12-14-15-16-17-18-19-20-22-26-30-39(44)48-36-38(37-50-55(46,47)49-35-34-43(4)7-3)51-40(45)31-27-23-21-25-29-33-42-52-41(53-54-42)32-28-24-13-11-9-6-2/h38,41-42H,5-37H2,1-4H3,(H,46,47). The number of carbonyl (C=O) groups is 2. The average Bonchev–Trinajstić information content (AvgIpc) is 3.62. The number of esters is 2. The summed E-state index contributed by atoms with van der Waals surface area (Å²) in [6, 6.07) is 0. The van der Waals surface area contributed by atoms with Gasteiger partial charge in [-0.1, -0.05) is 149 Å². The van der Waals surface area contributed by atoms with Crippen molar-refractivity contribution < 1.29 is 52.1 Å². The lowest BCUT2D eigenvalue weighted by Gasteiger charge is -2.20. The summed E-state index contributed by atoms with van der Waals surface area (Å²) >= 11 is 0. The molecule has 326 valence electrons. The molecule has 1 heterocycles. The van der Waals surface area contributed by atoms with Gasteiger partial charge in [0.15, 0.2) is 18.7 Å². The summed E-state index contributed by atoms with van der Waals surface area (Å²) in [5, 5.41) is 0. The summed E-state index contributed by atoms with van der Waals surface area (Å²) in [5.41, 5.74) is 0. The van der Waals surface area contributed by atoms with Crippen molar-refractivity contribution in [1.82, 2.24) is 4.90 Å². The van der Waals surface area contributed by atoms with Gasteiger partial charge in [-0.25, -0.2) is 14.3 Å². The third-order valence-corrected chi connectivity index (χ3v) is 11.1. The van der Waals surface area contributed by atoms with E-state index in [4.69, 9.17) is 33.0 Å². The first-order valence-corrected chi connectivity index (χ1v) is 23.8. The Kier molecular flexibility index (Phi) is 34.0. The number of hydrogen-bond acceptors (Lipinski definition) is 11. The Morgan fingerprint density at radius 2 is 1.05 bits per heavy atom. The van der Waals surface area contributed by atoms with Gasteiger partial charge in [-0.15, -0.1) is 0 Å². The Bertz CT molecular complexity index is 958. The fourth-order valence-electron chi connectivity index (χ4n) is 6.36. The van der Waals surface area contributed by atoms with E-state index in [1.54, 1.807) is 0 Å². The third kappa shape index (κ3) is 32.5. The van der Waals surface area contributed by atoms with E-state index in [0.717, 1.165) is 70.8 Å². The van der Waals surface area contributed by atoms with Gasteiger partial charge in [-0.2, -0.15) is 0 Å². The largest absolute Gasteiger partial charge is 0.472 e. The number of nitrogens with zero attached hydrogens (tertiary/aromatic N) is 1. The van der Waals surface area contributed by atoms with Crippen LogP contribution in [0.2, 0.25) is 0 Å². The predicted octanol–water partition coefficient (Wildman–Crippen LogP) is 11.1. The normalized spacial score (nSPS) is 17.4. The van der Waals surface area contributed by atoms with Crippen molar-refractivity contribution in [3.05, 3.63) is 0 Å². The van der Waals surface area contributed by atoms with Crippen molar-refractivity contribution in [2.45, 2.75) is 219 Å². The Balaban J connectivity index is 2.30. The number of rotatable bonds is 40. The van der Waals surface area contributed by atoms with Crippen LogP contribution in [-0.2, 0) is 47.2 Å². The average molecular weight is 808 g/mol. The first kappa shape index (κ1) is 51.9. The van der Waals surface area contributed by atoms with E-state index in [1.807, 2.05) is 18.9 Å². The highest BCUT2D eigenvalue weighted by molar-refractivity contribution is 7.47. The van der Waals surface area contributed by atoms with Crippen molar-refractivity contribution in [1.29, 1.82) is 0 Å². The number of phosphoric ester groups is 1. The van der Waals surface area contributed by atoms with Gasteiger partial charge in [0.05, 0.1) is 13.2 Å². The van der Waals surface area contributed by atoms with Crippen LogP contribution in [0.3, 0.4) is 0 Å². The number of unbranched alkanes of at least 4 members (excludes halogenated alkanes) is 21. The monoisotopic (exact) mass is 808 g/mol. The molecule has 4 unspecified atom stereocenters. The summed E-state index contributed by atoms with van der Waals surface area (Å²) in [7, 11) is -2.52. The lowest BCUT2D eigenvalue weighted by atomic mass is 10.0. The fraction of sp³-hybridized carbons (Fsp3) is 0.952. The number of likely N-dealkylation sites (N-methyl/N-ethyl adjacent to an activating group) is 1. The van der Waals surface area contributed by atoms with Crippen LogP contribution < -0.4 is 0 Å². The zero-order chi connectivity index (χ0) is 40.2. The maximum atomic E-state index is 12.7. The van der Waals surface area contributed by atoms with Crippen LogP contribution in [0.1, 0.15) is 201 Å². The van der Waals surface area contributed by atoms with Crippen LogP contribution in [0.25, 0.3) is 0 Å². The molecule has 1 aliphatic heterocycles. The number of carbonyl (C=O) groups excluding carboxylic acids is 2. The number of phosphoric acid groups is 1. The molecule has 0 saturated carbocycles. The number of hydrogen-bond donors (Lipinski definition) is 1. The van der Waals surface area contributed by atoms with Gasteiger partial charge in [0.1, 0.15) is 6.61 Å². The first-order valence-electron chi connectivity index (χ1n) is 22.3. The van der Waals surface area contributed by atoms with Crippen molar-refractivity contribution in [3.63, 3.8) is 0 Å². The Labute approximate surface area is 335 Å². The van der Waals surface area contributed by atoms with Crippen LogP contribution in [-0.4, -0.2) is 80.4 Å². The molecule has 1 aliphatic rings. The molecule has 0 aromatic rings. The highest BCUT2D eigenvalue weighted by atomic mass is 31.2. The highest BCUT2D eigenvalue weighted by Crippen LogP contribution is 2.43. The maximum Gasteiger partial charge on any atom is 0.472 e. The molecule has 1 N–H and O–H groups in total. The Hall–Kier alpha value is -1.11. The molecule has 55 heavy (non-hydrogen) atoms. The minimum Gasteiger partial charge on any atom is -0.462 e. The quantitative estimate of drug-likeness (QED) is 0.0273. The molecule has 12 nitrogen and oxygen atoms in total. The van der Waals surface area contributed by atoms with Crippen LogP contribution in [0.4, 0.5) is 0 Å². The minimum absolute atomic E-state index is 0.00490. The first-order chi connectivity index (χ1) is 26.7. The van der Waals surface area contributed by atoms with Crippen molar-refractivity contribution in [2.24, 2.45) is 0 Å². The van der Waals surface area contributed by atoms with E-state index in [-0.39, 0.29) is 44.6 Å². The molecule has 0 amide bonds. The van der Waals surface area contributed by atoms with E-state index in [1.165, 1.54) is 96.3 Å². The number of ether oxygens (including phenoxy) is 3. The van der Waals surface area contributed by atoms with Crippen LogP contribution in [0, 0.1) is 0 Å². The molecule has 0 radical (unpaired) electrons. The molecule has 0 aromatic carbocycles. The van der Waals surface area contributed by atoms with E-state index < -0.39 is 26.5 Å². The van der Waals surface area contributed by atoms with E-state index in [0.29, 0.717) is 13.0 Å². The Morgan fingerprint density at radius 3 is 1.53 bits per heavy atom. The van der Waals surface area contributed by atoms with E-state index in [9.17, 15) is 19.0 Å². The van der Waals surface area contributed by atoms with E-state index in [2.05, 4.69) is 13.8 Å². The topological polar surface area (TPSA) is 139 Å². The molecule has 0 bridgehead atoms. The lowest BCUT2D eigenvalue weighted by Crippen LogP contribution is -2.29. The van der Waals surface area contributed by atoms with Gasteiger partial charge in [0, 0.05) is 32.2 Å². The molecule has 1 saturated heterocycles. The summed E-state index contributed by atoms with van der Waals surface area (Å²) in [6.07, 6.45) is 28.0. The second-order valence-corrected chi connectivity index (χ2v) is 16.8. The zero-order valence-corrected chi connectivity index (χ0v) is 36.4. The molecule has 13 heteroatoms. The van der Waals surface area contributed by atoms with Gasteiger partial charge < -0.3 is 24.0 Å². The maximum absolute atomic E-state index is 12.7. The SMILES string of the molecule is CCCCCCCCCCCCCCCC(=O)OCC(COP(=O)(O)OCCN(C)CC)OC(=O)CCCCCCCC1OOC(CCCCCCCC)O1. The molecule has 0 aliphatic carbocycles. The molecule has 1 fully saturated rings. The van der Waals surface area contributed by atoms with Crippen LogP contribution >= 0.6 is 7.82 Å². The van der Waals surface area contributed by atoms with Gasteiger partial charge in [-0.3, -0.25) is 18.6 Å². The van der Waals surface area contributed by atoms with Gasteiger partial charge >= 0.3 is 19.8 Å². The summed E-state index contributed by atoms with van der Waals surface area (Å²) in [4.78, 5) is 48.0. The van der Waals surface area contributed by atoms with E-state index >= 15 is 0 Å². The Morgan fingerprint density at radius 1 is 0.618 bits per heavy atom. The third-order valence-electron chi connectivity index (χ3n) is 10.1. The van der Waals surface area contributed by atoms with Crippen LogP contribution in [0.5, 0.6) is 0 Å². The summed E-state index contributed by atoms with van der Waals surface area (Å²) in [5.74, 6) is -0.857. The molecule has 0 aromatic heterocycles. The van der Waals surface area contributed by atoms with Gasteiger partial charge in [0.25, 0.3) is 0 Å². The highest BCUT2D eigenvalue weighted by Gasteiger charge is 2.28. The molecular formula is C42H82NO11P. The minimum atomic E-state index is -4.39. The fourth-order valence-corrected chi connectivity index (χ4v) is 7.11. The van der Waals surface area contributed by atoms with Gasteiger partial charge in [0.2, 0.25) is 0 Å². The van der Waals surface area contributed by atoms with Crippen LogP contribution in [0.15, 0.2) is 0 Å². The molecule has 4 atom stereocenters. The van der Waals surface area contributed by atoms with Crippen molar-refractivity contribution >= 4 is 19.8 Å². The van der Waals surface area contributed by atoms with Gasteiger partial charge in [-0.05, 0) is 39.3 Å². The second kappa shape index (κ2) is 36.0. The summed E-state index contributed by atoms with van der Waals surface area (Å²) < 4.78 is 39.5. The zero-order valence-electron chi connectivity index (χ0n) is 35.5. The smallest absolute Gasteiger partial charge is 0.462 e. The lowest BCUT2D eigenvalue weighted by molar-refractivity contribution is -0.298. The molecule has 0 spiro atoms. The van der Waals surface area contributed by atoms with Crippen molar-refractivity contribution in [3.8, 4) is 0 Å². The predicted molar refractivity (Wildman–Crippen MR) is 217 cm³/mol. The molecular weight excluding hydrogens is 725 g/mol. The second-order valence-electron chi connectivity index (χ2n) is 15.3. The summed E-state index contributed by atoms with van der Waals surface area (Å²) in [6.45, 7) is 6.98. The van der Waals surface area contributed by atoms with Crippen molar-refractivity contribution in [2.75, 3.05) is 40.0 Å². The molecule has 1 rings (SSSR count).